The lowest BCUT2D eigenvalue weighted by Crippen LogP contribution is -2.52. The Morgan fingerprint density at radius 1 is 0.886 bits per heavy atom. The van der Waals surface area contributed by atoms with E-state index in [-0.39, 0.29) is 30.8 Å². The first-order valence-electron chi connectivity index (χ1n) is 11.6. The maximum atomic E-state index is 13.8. The van der Waals surface area contributed by atoms with E-state index in [9.17, 15) is 9.59 Å². The van der Waals surface area contributed by atoms with Gasteiger partial charge in [-0.3, -0.25) is 9.59 Å². The van der Waals surface area contributed by atoms with Crippen LogP contribution in [-0.2, 0) is 29.0 Å². The highest BCUT2D eigenvalue weighted by Crippen LogP contribution is 2.25. The molecule has 0 aliphatic rings. The Bertz CT molecular complexity index is 1150. The van der Waals surface area contributed by atoms with Crippen LogP contribution >= 0.6 is 34.8 Å². The second-order valence-electron chi connectivity index (χ2n) is 8.55. The van der Waals surface area contributed by atoms with Crippen LogP contribution < -0.4 is 5.32 Å². The summed E-state index contributed by atoms with van der Waals surface area (Å²) in [5.41, 5.74) is 2.36. The smallest absolute Gasteiger partial charge is 0.243 e. The zero-order valence-corrected chi connectivity index (χ0v) is 22.1. The summed E-state index contributed by atoms with van der Waals surface area (Å²) in [4.78, 5) is 28.9. The van der Waals surface area contributed by atoms with Gasteiger partial charge in [-0.2, -0.15) is 0 Å². The zero-order valence-electron chi connectivity index (χ0n) is 19.8. The minimum Gasteiger partial charge on any atom is -0.352 e. The lowest BCUT2D eigenvalue weighted by molar-refractivity contribution is -0.141. The molecule has 0 bridgehead atoms. The monoisotopic (exact) mass is 530 g/mol. The average molecular weight is 532 g/mol. The lowest BCUT2D eigenvalue weighted by atomic mass is 10.0. The number of nitrogens with one attached hydrogen (secondary N) is 1. The van der Waals surface area contributed by atoms with Gasteiger partial charge in [-0.05, 0) is 48.2 Å². The van der Waals surface area contributed by atoms with E-state index in [1.54, 1.807) is 29.2 Å². The molecule has 0 heterocycles. The molecule has 7 heteroatoms. The van der Waals surface area contributed by atoms with Gasteiger partial charge < -0.3 is 10.2 Å². The third kappa shape index (κ3) is 7.73. The van der Waals surface area contributed by atoms with Crippen molar-refractivity contribution in [2.75, 3.05) is 0 Å². The van der Waals surface area contributed by atoms with Crippen LogP contribution in [0.2, 0.25) is 15.1 Å². The largest absolute Gasteiger partial charge is 0.352 e. The number of rotatable bonds is 10. The van der Waals surface area contributed by atoms with Crippen LogP contribution in [0.1, 0.15) is 37.0 Å². The van der Waals surface area contributed by atoms with Crippen molar-refractivity contribution in [3.63, 3.8) is 0 Å². The van der Waals surface area contributed by atoms with Gasteiger partial charge in [-0.25, -0.2) is 0 Å². The predicted molar refractivity (Wildman–Crippen MR) is 144 cm³/mol. The summed E-state index contributed by atoms with van der Waals surface area (Å²) < 4.78 is 0. The molecule has 3 aromatic rings. The first-order valence-corrected chi connectivity index (χ1v) is 12.7. The van der Waals surface area contributed by atoms with Gasteiger partial charge in [0.15, 0.2) is 0 Å². The number of benzene rings is 3. The van der Waals surface area contributed by atoms with Gasteiger partial charge in [0, 0.05) is 34.1 Å². The Labute approximate surface area is 222 Å². The molecule has 0 spiro atoms. The lowest BCUT2D eigenvalue weighted by Gasteiger charge is -2.32. The molecule has 0 aliphatic heterocycles. The maximum Gasteiger partial charge on any atom is 0.243 e. The third-order valence-electron chi connectivity index (χ3n) is 5.93. The van der Waals surface area contributed by atoms with Crippen LogP contribution in [0.25, 0.3) is 0 Å². The molecule has 3 rings (SSSR count). The van der Waals surface area contributed by atoms with Gasteiger partial charge in [0.1, 0.15) is 6.04 Å². The van der Waals surface area contributed by atoms with Crippen molar-refractivity contribution >= 4 is 46.6 Å². The molecule has 0 saturated carbocycles. The van der Waals surface area contributed by atoms with Crippen LogP contribution in [0, 0.1) is 0 Å². The van der Waals surface area contributed by atoms with Gasteiger partial charge in [-0.15, -0.1) is 0 Å². The molecule has 0 saturated heterocycles. The summed E-state index contributed by atoms with van der Waals surface area (Å²) in [6.07, 6.45) is 1.20. The molecule has 35 heavy (non-hydrogen) atoms. The summed E-state index contributed by atoms with van der Waals surface area (Å²) in [6, 6.07) is 21.3. The maximum absolute atomic E-state index is 13.8. The van der Waals surface area contributed by atoms with E-state index in [2.05, 4.69) is 5.32 Å². The van der Waals surface area contributed by atoms with Gasteiger partial charge in [0.05, 0.1) is 6.42 Å². The van der Waals surface area contributed by atoms with Crippen LogP contribution in [0.5, 0.6) is 0 Å². The van der Waals surface area contributed by atoms with Gasteiger partial charge >= 0.3 is 0 Å². The Hall–Kier alpha value is -2.53. The second kappa shape index (κ2) is 13.0. The van der Waals surface area contributed by atoms with Crippen LogP contribution in [0.4, 0.5) is 0 Å². The molecular weight excluding hydrogens is 503 g/mol. The first-order chi connectivity index (χ1) is 16.8. The van der Waals surface area contributed by atoms with Crippen molar-refractivity contribution in [2.24, 2.45) is 0 Å². The van der Waals surface area contributed by atoms with Crippen molar-refractivity contribution in [1.82, 2.24) is 10.2 Å². The Kier molecular flexibility index (Phi) is 10.0. The summed E-state index contributed by atoms with van der Waals surface area (Å²) in [5.74, 6) is -0.426. The minimum atomic E-state index is -0.742. The Morgan fingerprint density at radius 3 is 2.23 bits per heavy atom. The SMILES string of the molecule is CCC(C)NC(=O)C(Cc1ccccc1)N(Cc1ccc(Cl)cc1Cl)C(=O)Cc1ccccc1Cl. The molecular formula is C28H29Cl3N2O2. The summed E-state index contributed by atoms with van der Waals surface area (Å²) >= 11 is 18.9. The second-order valence-corrected chi connectivity index (χ2v) is 9.80. The first kappa shape index (κ1) is 27.1. The van der Waals surface area contributed by atoms with E-state index in [4.69, 9.17) is 34.8 Å². The van der Waals surface area contributed by atoms with Crippen molar-refractivity contribution in [3.8, 4) is 0 Å². The van der Waals surface area contributed by atoms with Gasteiger partial charge in [0.25, 0.3) is 0 Å². The Morgan fingerprint density at radius 2 is 1.57 bits per heavy atom. The van der Waals surface area contributed by atoms with E-state index >= 15 is 0 Å². The molecule has 0 aromatic heterocycles. The van der Waals surface area contributed by atoms with Gasteiger partial charge in [-0.1, -0.05) is 96.3 Å². The summed E-state index contributed by atoms with van der Waals surface area (Å²) in [7, 11) is 0. The van der Waals surface area contributed by atoms with Crippen LogP contribution in [-0.4, -0.2) is 28.8 Å². The number of halogens is 3. The van der Waals surface area contributed by atoms with Crippen molar-refractivity contribution in [1.29, 1.82) is 0 Å². The van der Waals surface area contributed by atoms with Crippen LogP contribution in [0.3, 0.4) is 0 Å². The zero-order chi connectivity index (χ0) is 25.4. The molecule has 1 N–H and O–H groups in total. The topological polar surface area (TPSA) is 49.4 Å². The molecule has 2 unspecified atom stereocenters. The minimum absolute atomic E-state index is 0.0274. The van der Waals surface area contributed by atoms with E-state index in [0.717, 1.165) is 12.0 Å². The molecule has 184 valence electrons. The van der Waals surface area contributed by atoms with Crippen LogP contribution in [0.15, 0.2) is 72.8 Å². The van der Waals surface area contributed by atoms with E-state index < -0.39 is 6.04 Å². The number of nitrogens with zero attached hydrogens (tertiary/aromatic N) is 1. The molecule has 2 atom stereocenters. The Balaban J connectivity index is 2.01. The summed E-state index contributed by atoms with van der Waals surface area (Å²) in [5, 5.41) is 4.51. The normalized spacial score (nSPS) is 12.6. The summed E-state index contributed by atoms with van der Waals surface area (Å²) in [6.45, 7) is 4.11. The average Bonchev–Trinajstić information content (AvgIpc) is 2.84. The molecule has 2 amide bonds. The fourth-order valence-electron chi connectivity index (χ4n) is 3.73. The predicted octanol–water partition coefficient (Wildman–Crippen LogP) is 6.74. The molecule has 0 aliphatic carbocycles. The number of carbonyl (C=O) groups is 2. The number of carbonyl (C=O) groups excluding carboxylic acids is 2. The van der Waals surface area contributed by atoms with Crippen molar-refractivity contribution in [2.45, 2.75) is 51.7 Å². The van der Waals surface area contributed by atoms with E-state index in [1.807, 2.05) is 62.4 Å². The fraction of sp³-hybridized carbons (Fsp3) is 0.286. The number of amides is 2. The fourth-order valence-corrected chi connectivity index (χ4v) is 4.41. The number of hydrogen-bond donors (Lipinski definition) is 1. The van der Waals surface area contributed by atoms with Gasteiger partial charge in [0.2, 0.25) is 11.8 Å². The molecule has 0 radical (unpaired) electrons. The van der Waals surface area contributed by atoms with Crippen molar-refractivity contribution < 1.29 is 9.59 Å². The standard InChI is InChI=1S/C28H29Cl3N2O2/c1-3-19(2)32-28(35)26(15-20-9-5-4-6-10-20)33(18-22-13-14-23(29)17-25(22)31)27(34)16-21-11-7-8-12-24(21)30/h4-14,17,19,26H,3,15-16,18H2,1-2H3,(H,32,35). The highest BCUT2D eigenvalue weighted by Gasteiger charge is 2.31. The highest BCUT2D eigenvalue weighted by atomic mass is 35.5. The van der Waals surface area contributed by atoms with Crippen molar-refractivity contribution in [3.05, 3.63) is 105 Å². The van der Waals surface area contributed by atoms with E-state index in [0.29, 0.717) is 32.6 Å². The quantitative estimate of drug-likeness (QED) is 0.315. The molecule has 4 nitrogen and oxygen atoms in total. The third-order valence-corrected chi connectivity index (χ3v) is 6.88. The highest BCUT2D eigenvalue weighted by molar-refractivity contribution is 6.35. The molecule has 0 fully saturated rings. The molecule has 3 aromatic carbocycles. The number of hydrogen-bond acceptors (Lipinski definition) is 2. The van der Waals surface area contributed by atoms with E-state index in [1.165, 1.54) is 0 Å².